The molecule has 8 heteroatoms. The molecule has 3 saturated carbocycles. The molecular formula is C28H35BrO7. The highest BCUT2D eigenvalue weighted by Crippen LogP contribution is 2.71. The second kappa shape index (κ2) is 8.13. The average molecular weight is 563 g/mol. The Bertz CT molecular complexity index is 1130. The number of ketones is 1. The Morgan fingerprint density at radius 2 is 1.72 bits per heavy atom. The molecule has 5 rings (SSSR count). The highest BCUT2D eigenvalue weighted by Gasteiger charge is 2.81. The van der Waals surface area contributed by atoms with E-state index in [1.165, 1.54) is 36.8 Å². The van der Waals surface area contributed by atoms with Crippen molar-refractivity contribution in [3.8, 4) is 5.75 Å². The second-order valence-corrected chi connectivity index (χ2v) is 13.1. The summed E-state index contributed by atoms with van der Waals surface area (Å²) < 4.78 is 6.05. The maximum absolute atomic E-state index is 13.3. The predicted molar refractivity (Wildman–Crippen MR) is 136 cm³/mol. The van der Waals surface area contributed by atoms with E-state index in [2.05, 4.69) is 22.9 Å². The van der Waals surface area contributed by atoms with Crippen LogP contribution in [-0.4, -0.2) is 59.9 Å². The van der Waals surface area contributed by atoms with E-state index in [0.29, 0.717) is 4.83 Å². The fourth-order valence-corrected chi connectivity index (χ4v) is 8.72. The van der Waals surface area contributed by atoms with E-state index in [1.54, 1.807) is 6.92 Å². The standard InChI is InChI=1S/C28H35BrO7/c1-16(30)26(33)12-13-28(35)25(26,3)22(36-23(32)17-4-6-20(31)7-5-17)15-21-24(2)10-9-19(29)14-18(24)8-11-27(21,28)34/h4-8,19,21-22,31,33-35H,9-15H2,1-3H3/t19-,21+,22+,24-,25+,26+,27-,28+/m0/s1. The van der Waals surface area contributed by atoms with Crippen LogP contribution in [0.5, 0.6) is 5.75 Å². The zero-order chi connectivity index (χ0) is 26.3. The number of aromatic hydroxyl groups is 1. The number of ether oxygens (including phenoxy) is 1. The Kier molecular flexibility index (Phi) is 5.85. The van der Waals surface area contributed by atoms with Gasteiger partial charge in [0.2, 0.25) is 0 Å². The summed E-state index contributed by atoms with van der Waals surface area (Å²) >= 11 is 3.74. The van der Waals surface area contributed by atoms with Gasteiger partial charge in [-0.15, -0.1) is 0 Å². The topological polar surface area (TPSA) is 124 Å². The molecule has 0 aliphatic heterocycles. The quantitative estimate of drug-likeness (QED) is 0.251. The minimum absolute atomic E-state index is 0.00852. The van der Waals surface area contributed by atoms with E-state index < -0.39 is 51.4 Å². The number of rotatable bonds is 3. The first-order chi connectivity index (χ1) is 16.7. The number of aliphatic hydroxyl groups is 3. The number of phenols is 1. The minimum atomic E-state index is -1.97. The molecule has 8 atom stereocenters. The Morgan fingerprint density at radius 1 is 1.06 bits per heavy atom. The largest absolute Gasteiger partial charge is 0.508 e. The zero-order valence-corrected chi connectivity index (χ0v) is 22.5. The van der Waals surface area contributed by atoms with E-state index in [-0.39, 0.29) is 37.0 Å². The van der Waals surface area contributed by atoms with E-state index in [4.69, 9.17) is 4.74 Å². The minimum Gasteiger partial charge on any atom is -0.508 e. The maximum atomic E-state index is 13.3. The molecule has 36 heavy (non-hydrogen) atoms. The fraction of sp³-hybridized carbons (Fsp3) is 0.643. The van der Waals surface area contributed by atoms with Crippen molar-refractivity contribution >= 4 is 27.7 Å². The molecule has 1 aromatic carbocycles. The zero-order valence-electron chi connectivity index (χ0n) is 21.0. The summed E-state index contributed by atoms with van der Waals surface area (Å²) in [6.45, 7) is 4.98. The number of alkyl halides is 1. The van der Waals surface area contributed by atoms with Crippen LogP contribution < -0.4 is 0 Å². The molecule has 0 aromatic heterocycles. The van der Waals surface area contributed by atoms with E-state index in [1.807, 2.05) is 6.08 Å². The third-order valence-corrected chi connectivity index (χ3v) is 11.3. The summed E-state index contributed by atoms with van der Waals surface area (Å²) in [5.41, 5.74) is -6.05. The lowest BCUT2D eigenvalue weighted by atomic mass is 9.42. The highest BCUT2D eigenvalue weighted by atomic mass is 79.9. The summed E-state index contributed by atoms with van der Waals surface area (Å²) in [5.74, 6) is -1.62. The number of Topliss-reactive ketones (excluding diaryl/α,β-unsaturated/α-hetero) is 1. The Hall–Kier alpha value is -1.74. The van der Waals surface area contributed by atoms with Crippen molar-refractivity contribution in [3.63, 3.8) is 0 Å². The van der Waals surface area contributed by atoms with Crippen LogP contribution in [0.1, 0.15) is 76.1 Å². The molecule has 0 heterocycles. The molecule has 4 aliphatic rings. The van der Waals surface area contributed by atoms with Gasteiger partial charge in [-0.05, 0) is 88.5 Å². The number of hydrogen-bond acceptors (Lipinski definition) is 7. The van der Waals surface area contributed by atoms with Crippen LogP contribution in [0.15, 0.2) is 35.9 Å². The van der Waals surface area contributed by atoms with Crippen molar-refractivity contribution in [1.82, 2.24) is 0 Å². The van der Waals surface area contributed by atoms with Gasteiger partial charge >= 0.3 is 5.97 Å². The third-order valence-electron chi connectivity index (χ3n) is 10.5. The van der Waals surface area contributed by atoms with Crippen LogP contribution >= 0.6 is 15.9 Å². The molecule has 0 bridgehead atoms. The van der Waals surface area contributed by atoms with E-state index in [0.717, 1.165) is 19.3 Å². The molecule has 0 spiro atoms. The van der Waals surface area contributed by atoms with Crippen molar-refractivity contribution in [1.29, 1.82) is 0 Å². The van der Waals surface area contributed by atoms with Gasteiger partial charge in [0.1, 0.15) is 28.7 Å². The van der Waals surface area contributed by atoms with Gasteiger partial charge in [-0.3, -0.25) is 4.79 Å². The molecule has 0 amide bonds. The summed E-state index contributed by atoms with van der Waals surface area (Å²) in [4.78, 5) is 26.5. The number of carbonyl (C=O) groups is 2. The predicted octanol–water partition coefficient (Wildman–Crippen LogP) is 3.80. The number of esters is 1. The van der Waals surface area contributed by atoms with Crippen LogP contribution in [0.2, 0.25) is 0 Å². The molecule has 1 aromatic rings. The fourth-order valence-electron chi connectivity index (χ4n) is 8.14. The van der Waals surface area contributed by atoms with Crippen molar-refractivity contribution in [2.75, 3.05) is 0 Å². The summed E-state index contributed by atoms with van der Waals surface area (Å²) in [6.07, 6.45) is 3.95. The Morgan fingerprint density at radius 3 is 2.36 bits per heavy atom. The lowest BCUT2D eigenvalue weighted by Crippen LogP contribution is -2.78. The van der Waals surface area contributed by atoms with Crippen LogP contribution in [0, 0.1) is 16.7 Å². The normalized spacial score (nSPS) is 45.6. The van der Waals surface area contributed by atoms with Gasteiger partial charge < -0.3 is 25.2 Å². The molecule has 4 N–H and O–H groups in total. The molecule has 7 nitrogen and oxygen atoms in total. The summed E-state index contributed by atoms with van der Waals surface area (Å²) in [6, 6.07) is 5.65. The number of benzene rings is 1. The van der Waals surface area contributed by atoms with E-state index >= 15 is 0 Å². The molecule has 3 fully saturated rings. The maximum Gasteiger partial charge on any atom is 0.338 e. The number of allylic oxidation sites excluding steroid dienone is 1. The number of phenolic OH excluding ortho intramolecular Hbond substituents is 1. The lowest BCUT2D eigenvalue weighted by Gasteiger charge is -2.67. The first-order valence-electron chi connectivity index (χ1n) is 12.7. The SMILES string of the molecule is CC(=O)[C@]1(O)CC[C@@]2(O)[C@]1(C)[C@H](OC(=O)c1ccc(O)cc1)C[C@@H]1[C@@]3(C)CC[C@H](Br)CC3=CC[C@]12O. The number of fused-ring (bicyclic) bond motifs is 5. The Labute approximate surface area is 219 Å². The first kappa shape index (κ1) is 25.9. The van der Waals surface area contributed by atoms with Gasteiger partial charge in [-0.2, -0.15) is 0 Å². The molecule has 0 unspecified atom stereocenters. The molecule has 196 valence electrons. The molecular weight excluding hydrogens is 528 g/mol. The van der Waals surface area contributed by atoms with Gasteiger partial charge in [0, 0.05) is 10.7 Å². The number of halogens is 1. The van der Waals surface area contributed by atoms with Crippen molar-refractivity contribution < 1.29 is 34.8 Å². The van der Waals surface area contributed by atoms with Gasteiger partial charge in [0.25, 0.3) is 0 Å². The highest BCUT2D eigenvalue weighted by molar-refractivity contribution is 9.09. The monoisotopic (exact) mass is 562 g/mol. The van der Waals surface area contributed by atoms with Crippen molar-refractivity contribution in [2.24, 2.45) is 16.7 Å². The average Bonchev–Trinajstić information content (AvgIpc) is 3.06. The first-order valence-corrected chi connectivity index (χ1v) is 13.7. The Balaban J connectivity index is 1.64. The lowest BCUT2D eigenvalue weighted by molar-refractivity contribution is -0.311. The smallest absolute Gasteiger partial charge is 0.338 e. The van der Waals surface area contributed by atoms with Crippen LogP contribution in [0.3, 0.4) is 0 Å². The second-order valence-electron chi connectivity index (χ2n) is 11.8. The van der Waals surface area contributed by atoms with Gasteiger partial charge in [0.05, 0.1) is 11.0 Å². The van der Waals surface area contributed by atoms with Crippen LogP contribution in [0.4, 0.5) is 0 Å². The number of hydrogen-bond donors (Lipinski definition) is 4. The number of carbonyl (C=O) groups excluding carboxylic acids is 2. The van der Waals surface area contributed by atoms with Crippen molar-refractivity contribution in [2.45, 2.75) is 93.5 Å². The van der Waals surface area contributed by atoms with Crippen LogP contribution in [0.25, 0.3) is 0 Å². The van der Waals surface area contributed by atoms with E-state index in [9.17, 15) is 30.0 Å². The van der Waals surface area contributed by atoms with Gasteiger partial charge in [0.15, 0.2) is 5.78 Å². The van der Waals surface area contributed by atoms with Crippen LogP contribution in [-0.2, 0) is 9.53 Å². The summed E-state index contributed by atoms with van der Waals surface area (Å²) in [7, 11) is 0. The molecule has 0 saturated heterocycles. The van der Waals surface area contributed by atoms with Gasteiger partial charge in [-0.1, -0.05) is 34.5 Å². The van der Waals surface area contributed by atoms with Gasteiger partial charge in [-0.25, -0.2) is 4.79 Å². The molecule has 0 radical (unpaired) electrons. The van der Waals surface area contributed by atoms with Crippen molar-refractivity contribution in [3.05, 3.63) is 41.5 Å². The summed E-state index contributed by atoms with van der Waals surface area (Å²) in [5, 5.41) is 46.2. The molecule has 4 aliphatic carbocycles. The third kappa shape index (κ3) is 3.14.